The fourth-order valence-electron chi connectivity index (χ4n) is 2.55. The van der Waals surface area contributed by atoms with E-state index >= 15 is 0 Å². The van der Waals surface area contributed by atoms with Gasteiger partial charge in [-0.1, -0.05) is 19.8 Å². The van der Waals surface area contributed by atoms with E-state index in [1.807, 2.05) is 0 Å². The minimum atomic E-state index is 0.0328. The van der Waals surface area contributed by atoms with Crippen LogP contribution in [0.3, 0.4) is 0 Å². The molecule has 1 aliphatic rings. The fraction of sp³-hybridized carbons (Fsp3) is 0.929. The Kier molecular flexibility index (Phi) is 7.28. The predicted molar refractivity (Wildman–Crippen MR) is 75.7 cm³/mol. The normalized spacial score (nSPS) is 23.6. The lowest BCUT2D eigenvalue weighted by molar-refractivity contribution is -0.122. The maximum absolute atomic E-state index is 11.5. The molecular formula is C14H29N3O. The molecule has 0 aromatic rings. The molecule has 106 valence electrons. The van der Waals surface area contributed by atoms with Crippen LogP contribution in [0.5, 0.6) is 0 Å². The molecule has 1 saturated heterocycles. The number of nitrogens with zero attached hydrogens (tertiary/aromatic N) is 1. The van der Waals surface area contributed by atoms with E-state index in [-0.39, 0.29) is 11.9 Å². The largest absolute Gasteiger partial charge is 0.358 e. The van der Waals surface area contributed by atoms with Gasteiger partial charge >= 0.3 is 0 Å². The highest BCUT2D eigenvalue weighted by molar-refractivity contribution is 5.81. The van der Waals surface area contributed by atoms with Crippen LogP contribution in [0.4, 0.5) is 0 Å². The summed E-state index contributed by atoms with van der Waals surface area (Å²) < 4.78 is 0. The van der Waals surface area contributed by atoms with E-state index in [9.17, 15) is 4.79 Å². The summed E-state index contributed by atoms with van der Waals surface area (Å²) in [7, 11) is 3.90. The van der Waals surface area contributed by atoms with E-state index in [1.165, 1.54) is 25.8 Å². The maximum atomic E-state index is 11.5. The van der Waals surface area contributed by atoms with Crippen LogP contribution in [0, 0.1) is 0 Å². The molecule has 1 heterocycles. The molecule has 1 fully saturated rings. The molecular weight excluding hydrogens is 226 g/mol. The summed E-state index contributed by atoms with van der Waals surface area (Å²) in [4.78, 5) is 13.9. The van der Waals surface area contributed by atoms with Gasteiger partial charge in [0.05, 0.1) is 6.04 Å². The van der Waals surface area contributed by atoms with Crippen molar-refractivity contribution in [2.45, 2.75) is 57.5 Å². The molecule has 0 aromatic heterocycles. The zero-order valence-corrected chi connectivity index (χ0v) is 12.2. The molecule has 2 N–H and O–H groups in total. The molecule has 2 unspecified atom stereocenters. The smallest absolute Gasteiger partial charge is 0.236 e. The van der Waals surface area contributed by atoms with Crippen molar-refractivity contribution in [3.8, 4) is 0 Å². The van der Waals surface area contributed by atoms with Crippen LogP contribution in [-0.2, 0) is 4.79 Å². The maximum Gasteiger partial charge on any atom is 0.236 e. The first-order chi connectivity index (χ1) is 8.67. The second-order valence-corrected chi connectivity index (χ2v) is 5.41. The van der Waals surface area contributed by atoms with Gasteiger partial charge in [-0.15, -0.1) is 0 Å². The molecule has 0 aromatic carbocycles. The molecule has 0 bridgehead atoms. The van der Waals surface area contributed by atoms with Crippen molar-refractivity contribution in [2.75, 3.05) is 27.2 Å². The van der Waals surface area contributed by atoms with E-state index in [1.54, 1.807) is 7.05 Å². The first-order valence-electron chi connectivity index (χ1n) is 7.33. The molecule has 1 rings (SSSR count). The minimum absolute atomic E-state index is 0.0328. The van der Waals surface area contributed by atoms with Gasteiger partial charge in [-0.3, -0.25) is 4.79 Å². The topological polar surface area (TPSA) is 44.4 Å². The Balaban J connectivity index is 2.11. The number of likely N-dealkylation sites (N-methyl/N-ethyl adjacent to an activating group) is 1. The Hall–Kier alpha value is -0.610. The number of rotatable bonds is 8. The Morgan fingerprint density at radius 1 is 1.33 bits per heavy atom. The summed E-state index contributed by atoms with van der Waals surface area (Å²) in [5.74, 6) is 0.133. The van der Waals surface area contributed by atoms with Gasteiger partial charge in [0.1, 0.15) is 0 Å². The second-order valence-electron chi connectivity index (χ2n) is 5.41. The highest BCUT2D eigenvalue weighted by Gasteiger charge is 2.27. The Labute approximate surface area is 111 Å². The molecule has 1 amide bonds. The van der Waals surface area contributed by atoms with Crippen LogP contribution in [0.25, 0.3) is 0 Å². The lowest BCUT2D eigenvalue weighted by atomic mass is 10.1. The third-order valence-corrected chi connectivity index (χ3v) is 3.81. The third kappa shape index (κ3) is 5.36. The lowest BCUT2D eigenvalue weighted by Crippen LogP contribution is -2.42. The van der Waals surface area contributed by atoms with Crippen molar-refractivity contribution in [1.82, 2.24) is 15.5 Å². The van der Waals surface area contributed by atoms with Gasteiger partial charge in [0, 0.05) is 13.1 Å². The van der Waals surface area contributed by atoms with Gasteiger partial charge in [0.2, 0.25) is 5.91 Å². The first kappa shape index (κ1) is 15.4. The quantitative estimate of drug-likeness (QED) is 0.644. The van der Waals surface area contributed by atoms with Crippen molar-refractivity contribution < 1.29 is 4.79 Å². The van der Waals surface area contributed by atoms with Crippen LogP contribution < -0.4 is 10.6 Å². The van der Waals surface area contributed by atoms with Crippen molar-refractivity contribution >= 4 is 5.91 Å². The summed E-state index contributed by atoms with van der Waals surface area (Å²) in [6.07, 6.45) is 7.16. The van der Waals surface area contributed by atoms with Gasteiger partial charge < -0.3 is 15.5 Å². The number of amides is 1. The number of unbranched alkanes of at least 4 members (excludes halogenated alkanes) is 2. The summed E-state index contributed by atoms with van der Waals surface area (Å²) in [6, 6.07) is 0.548. The number of carbonyl (C=O) groups excluding carboxylic acids is 1. The Bertz CT molecular complexity index is 245. The summed E-state index contributed by atoms with van der Waals surface area (Å²) in [6.45, 7) is 4.56. The highest BCUT2D eigenvalue weighted by atomic mass is 16.2. The van der Waals surface area contributed by atoms with Crippen LogP contribution in [0.2, 0.25) is 0 Å². The SMILES string of the molecule is CCCCCN(C)CCC1CCC(C(=O)NC)N1. The number of carbonyl (C=O) groups is 1. The number of hydrogen-bond donors (Lipinski definition) is 2. The average Bonchev–Trinajstić information content (AvgIpc) is 2.84. The summed E-state index contributed by atoms with van der Waals surface area (Å²) in [5.41, 5.74) is 0. The van der Waals surface area contributed by atoms with Gasteiger partial charge in [0.25, 0.3) is 0 Å². The van der Waals surface area contributed by atoms with Crippen molar-refractivity contribution in [1.29, 1.82) is 0 Å². The molecule has 4 nitrogen and oxygen atoms in total. The molecule has 2 atom stereocenters. The molecule has 0 spiro atoms. The second kappa shape index (κ2) is 8.48. The average molecular weight is 255 g/mol. The number of nitrogens with one attached hydrogen (secondary N) is 2. The van der Waals surface area contributed by atoms with Gasteiger partial charge in [-0.2, -0.15) is 0 Å². The van der Waals surface area contributed by atoms with E-state index in [0.29, 0.717) is 6.04 Å². The molecule has 0 radical (unpaired) electrons. The molecule has 1 aliphatic heterocycles. The monoisotopic (exact) mass is 255 g/mol. The number of hydrogen-bond acceptors (Lipinski definition) is 3. The van der Waals surface area contributed by atoms with Gasteiger partial charge in [0.15, 0.2) is 0 Å². The predicted octanol–water partition coefficient (Wildman–Crippen LogP) is 1.37. The van der Waals surface area contributed by atoms with Gasteiger partial charge in [-0.05, 0) is 45.8 Å². The van der Waals surface area contributed by atoms with E-state index in [4.69, 9.17) is 0 Å². The molecule has 4 heteroatoms. The lowest BCUT2D eigenvalue weighted by Gasteiger charge is -2.19. The molecule has 0 aliphatic carbocycles. The van der Waals surface area contributed by atoms with E-state index in [2.05, 4.69) is 29.5 Å². The third-order valence-electron chi connectivity index (χ3n) is 3.81. The summed E-state index contributed by atoms with van der Waals surface area (Å²) >= 11 is 0. The highest BCUT2D eigenvalue weighted by Crippen LogP contribution is 2.15. The minimum Gasteiger partial charge on any atom is -0.358 e. The standard InChI is InChI=1S/C14H29N3O/c1-4-5-6-10-17(3)11-9-12-7-8-13(16-12)14(18)15-2/h12-13,16H,4-11H2,1-3H3,(H,15,18). The van der Waals surface area contributed by atoms with Crippen LogP contribution >= 0.6 is 0 Å². The van der Waals surface area contributed by atoms with Crippen LogP contribution in [0.1, 0.15) is 45.4 Å². The van der Waals surface area contributed by atoms with Crippen molar-refractivity contribution in [2.24, 2.45) is 0 Å². The Morgan fingerprint density at radius 2 is 2.11 bits per heavy atom. The zero-order valence-electron chi connectivity index (χ0n) is 12.2. The van der Waals surface area contributed by atoms with E-state index < -0.39 is 0 Å². The zero-order chi connectivity index (χ0) is 13.4. The van der Waals surface area contributed by atoms with Gasteiger partial charge in [-0.25, -0.2) is 0 Å². The van der Waals surface area contributed by atoms with E-state index in [0.717, 1.165) is 25.8 Å². The fourth-order valence-corrected chi connectivity index (χ4v) is 2.55. The summed E-state index contributed by atoms with van der Waals surface area (Å²) in [5, 5.41) is 6.14. The molecule has 18 heavy (non-hydrogen) atoms. The Morgan fingerprint density at radius 3 is 2.78 bits per heavy atom. The van der Waals surface area contributed by atoms with Crippen molar-refractivity contribution in [3.63, 3.8) is 0 Å². The molecule has 0 saturated carbocycles. The van der Waals surface area contributed by atoms with Crippen LogP contribution in [-0.4, -0.2) is 50.1 Å². The van der Waals surface area contributed by atoms with Crippen LogP contribution in [0.15, 0.2) is 0 Å². The first-order valence-corrected chi connectivity index (χ1v) is 7.33. The van der Waals surface area contributed by atoms with Crippen molar-refractivity contribution in [3.05, 3.63) is 0 Å².